The monoisotopic (exact) mass is 346 g/mol. The lowest BCUT2D eigenvalue weighted by Crippen LogP contribution is -2.44. The second-order valence-corrected chi connectivity index (χ2v) is 6.30. The summed E-state index contributed by atoms with van der Waals surface area (Å²) in [4.78, 5) is 37.9. The number of rotatable bonds is 6. The average molecular weight is 346 g/mol. The molecule has 0 aromatic heterocycles. The first kappa shape index (κ1) is 19.0. The van der Waals surface area contributed by atoms with E-state index in [4.69, 9.17) is 4.74 Å². The van der Waals surface area contributed by atoms with Crippen LogP contribution in [0, 0.1) is 5.92 Å². The number of carbonyl (C=O) groups is 3. The number of carbonyl (C=O) groups excluding carboxylic acids is 3. The maximum Gasteiger partial charge on any atom is 0.310 e. The fraction of sp³-hybridized carbons (Fsp3) is 0.526. The van der Waals surface area contributed by atoms with Gasteiger partial charge in [0.15, 0.2) is 0 Å². The molecule has 136 valence electrons. The van der Waals surface area contributed by atoms with E-state index in [2.05, 4.69) is 5.32 Å². The summed E-state index contributed by atoms with van der Waals surface area (Å²) < 4.78 is 5.08. The van der Waals surface area contributed by atoms with Crippen molar-refractivity contribution in [1.29, 1.82) is 0 Å². The van der Waals surface area contributed by atoms with Gasteiger partial charge < -0.3 is 15.0 Å². The molecule has 1 aromatic carbocycles. The van der Waals surface area contributed by atoms with E-state index in [1.807, 2.05) is 30.3 Å². The summed E-state index contributed by atoms with van der Waals surface area (Å²) in [6.45, 7) is 4.59. The predicted molar refractivity (Wildman–Crippen MR) is 93.6 cm³/mol. The third kappa shape index (κ3) is 5.59. The van der Waals surface area contributed by atoms with Crippen molar-refractivity contribution in [2.75, 3.05) is 19.7 Å². The molecule has 0 aliphatic carbocycles. The van der Waals surface area contributed by atoms with Crippen LogP contribution >= 0.6 is 0 Å². The summed E-state index contributed by atoms with van der Waals surface area (Å²) in [6.07, 6.45) is 1.71. The van der Waals surface area contributed by atoms with Gasteiger partial charge in [0.05, 0.1) is 25.0 Å². The summed E-state index contributed by atoms with van der Waals surface area (Å²) in [7, 11) is 0. The van der Waals surface area contributed by atoms with Crippen LogP contribution in [0.15, 0.2) is 30.3 Å². The lowest BCUT2D eigenvalue weighted by atomic mass is 9.96. The van der Waals surface area contributed by atoms with E-state index in [1.165, 1.54) is 6.92 Å². The number of hydrogen-bond donors (Lipinski definition) is 1. The minimum absolute atomic E-state index is 0.0587. The van der Waals surface area contributed by atoms with Crippen molar-refractivity contribution in [1.82, 2.24) is 10.2 Å². The quantitative estimate of drug-likeness (QED) is 0.800. The molecular weight excluding hydrogens is 320 g/mol. The summed E-state index contributed by atoms with van der Waals surface area (Å²) in [5.74, 6) is -0.726. The number of piperidine rings is 1. The molecule has 2 unspecified atom stereocenters. The highest BCUT2D eigenvalue weighted by molar-refractivity contribution is 5.80. The lowest BCUT2D eigenvalue weighted by Gasteiger charge is -2.32. The van der Waals surface area contributed by atoms with Gasteiger partial charge in [0, 0.05) is 20.0 Å². The standard InChI is InChI=1S/C19H26N2O4/c1-3-25-19(24)16-10-7-11-21(13-16)18(23)12-17(20-14(2)22)15-8-5-4-6-9-15/h4-6,8-9,16-17H,3,7,10-13H2,1-2H3,(H,20,22). The van der Waals surface area contributed by atoms with Crippen LogP contribution in [-0.2, 0) is 19.1 Å². The molecule has 1 saturated heterocycles. The van der Waals surface area contributed by atoms with Crippen molar-refractivity contribution in [3.63, 3.8) is 0 Å². The molecule has 1 heterocycles. The van der Waals surface area contributed by atoms with E-state index in [-0.39, 0.29) is 36.2 Å². The number of benzene rings is 1. The smallest absolute Gasteiger partial charge is 0.310 e. The van der Waals surface area contributed by atoms with Crippen LogP contribution in [0.2, 0.25) is 0 Å². The first-order chi connectivity index (χ1) is 12.0. The van der Waals surface area contributed by atoms with Crippen molar-refractivity contribution in [3.8, 4) is 0 Å². The highest BCUT2D eigenvalue weighted by Gasteiger charge is 2.30. The Labute approximate surface area is 148 Å². The summed E-state index contributed by atoms with van der Waals surface area (Å²) in [5.41, 5.74) is 0.894. The van der Waals surface area contributed by atoms with Crippen LogP contribution in [0.3, 0.4) is 0 Å². The van der Waals surface area contributed by atoms with Crippen LogP contribution < -0.4 is 5.32 Å². The number of ether oxygens (including phenoxy) is 1. The maximum absolute atomic E-state index is 12.7. The maximum atomic E-state index is 12.7. The Morgan fingerprint density at radius 3 is 2.64 bits per heavy atom. The third-order valence-corrected chi connectivity index (χ3v) is 4.35. The average Bonchev–Trinajstić information content (AvgIpc) is 2.62. The Morgan fingerprint density at radius 1 is 1.28 bits per heavy atom. The second-order valence-electron chi connectivity index (χ2n) is 6.30. The van der Waals surface area contributed by atoms with Gasteiger partial charge in [0.1, 0.15) is 0 Å². The zero-order valence-electron chi connectivity index (χ0n) is 14.9. The minimum Gasteiger partial charge on any atom is -0.466 e. The number of likely N-dealkylation sites (tertiary alicyclic amines) is 1. The van der Waals surface area contributed by atoms with Crippen LogP contribution in [0.5, 0.6) is 0 Å². The summed E-state index contributed by atoms with van der Waals surface area (Å²) in [6, 6.07) is 9.08. The molecule has 0 saturated carbocycles. The molecule has 0 radical (unpaired) electrons. The number of nitrogens with one attached hydrogen (secondary N) is 1. The van der Waals surface area contributed by atoms with E-state index >= 15 is 0 Å². The first-order valence-electron chi connectivity index (χ1n) is 8.77. The molecule has 2 amide bonds. The number of esters is 1. The Bertz CT molecular complexity index is 603. The number of amides is 2. The molecule has 1 N–H and O–H groups in total. The van der Waals surface area contributed by atoms with Crippen LogP contribution in [-0.4, -0.2) is 42.4 Å². The van der Waals surface area contributed by atoms with Crippen molar-refractivity contribution in [2.24, 2.45) is 5.92 Å². The van der Waals surface area contributed by atoms with E-state index < -0.39 is 0 Å². The van der Waals surface area contributed by atoms with Crippen molar-refractivity contribution < 1.29 is 19.1 Å². The zero-order chi connectivity index (χ0) is 18.2. The lowest BCUT2D eigenvalue weighted by molar-refractivity contribution is -0.151. The Hall–Kier alpha value is -2.37. The van der Waals surface area contributed by atoms with Crippen LogP contribution in [0.25, 0.3) is 0 Å². The zero-order valence-corrected chi connectivity index (χ0v) is 14.9. The van der Waals surface area contributed by atoms with Gasteiger partial charge in [-0.1, -0.05) is 30.3 Å². The number of hydrogen-bond acceptors (Lipinski definition) is 4. The van der Waals surface area contributed by atoms with Gasteiger partial charge in [-0.05, 0) is 25.3 Å². The topological polar surface area (TPSA) is 75.7 Å². The third-order valence-electron chi connectivity index (χ3n) is 4.35. The van der Waals surface area contributed by atoms with Crippen molar-refractivity contribution in [2.45, 2.75) is 39.2 Å². The first-order valence-corrected chi connectivity index (χ1v) is 8.77. The largest absolute Gasteiger partial charge is 0.466 e. The predicted octanol–water partition coefficient (Wildman–Crippen LogP) is 2.06. The summed E-state index contributed by atoms with van der Waals surface area (Å²) in [5, 5.41) is 2.84. The molecule has 1 aliphatic rings. The minimum atomic E-state index is -0.367. The van der Waals surface area contributed by atoms with Crippen molar-refractivity contribution in [3.05, 3.63) is 35.9 Å². The summed E-state index contributed by atoms with van der Waals surface area (Å²) >= 11 is 0. The van der Waals surface area contributed by atoms with Gasteiger partial charge in [-0.25, -0.2) is 0 Å². The van der Waals surface area contributed by atoms with Crippen molar-refractivity contribution >= 4 is 17.8 Å². The normalized spacial score (nSPS) is 18.3. The fourth-order valence-corrected chi connectivity index (χ4v) is 3.14. The van der Waals surface area contributed by atoms with Gasteiger partial charge in [-0.2, -0.15) is 0 Å². The molecule has 1 fully saturated rings. The highest BCUT2D eigenvalue weighted by Crippen LogP contribution is 2.22. The molecule has 1 aliphatic heterocycles. The van der Waals surface area contributed by atoms with Gasteiger partial charge in [0.2, 0.25) is 11.8 Å². The second kappa shape index (κ2) is 9.20. The Balaban J connectivity index is 2.02. The van der Waals surface area contributed by atoms with Gasteiger partial charge in [-0.3, -0.25) is 14.4 Å². The Kier molecular flexibility index (Phi) is 6.98. The van der Waals surface area contributed by atoms with Crippen LogP contribution in [0.4, 0.5) is 0 Å². The molecule has 2 rings (SSSR count). The molecule has 6 heteroatoms. The van der Waals surface area contributed by atoms with Gasteiger partial charge in [0.25, 0.3) is 0 Å². The van der Waals surface area contributed by atoms with Gasteiger partial charge in [-0.15, -0.1) is 0 Å². The molecule has 0 bridgehead atoms. The van der Waals surface area contributed by atoms with E-state index in [9.17, 15) is 14.4 Å². The van der Waals surface area contributed by atoms with E-state index in [1.54, 1.807) is 11.8 Å². The molecule has 0 spiro atoms. The Morgan fingerprint density at radius 2 is 2.00 bits per heavy atom. The fourth-order valence-electron chi connectivity index (χ4n) is 3.14. The van der Waals surface area contributed by atoms with E-state index in [0.29, 0.717) is 19.7 Å². The molecule has 2 atom stereocenters. The molecule has 1 aromatic rings. The van der Waals surface area contributed by atoms with Crippen LogP contribution in [0.1, 0.15) is 44.7 Å². The SMILES string of the molecule is CCOC(=O)C1CCCN(C(=O)CC(NC(C)=O)c2ccccc2)C1. The van der Waals surface area contributed by atoms with Gasteiger partial charge >= 0.3 is 5.97 Å². The molecule has 6 nitrogen and oxygen atoms in total. The molecule has 25 heavy (non-hydrogen) atoms. The highest BCUT2D eigenvalue weighted by atomic mass is 16.5. The van der Waals surface area contributed by atoms with E-state index in [0.717, 1.165) is 18.4 Å². The number of nitrogens with zero attached hydrogens (tertiary/aromatic N) is 1. The molecular formula is C19H26N2O4.